The molecule has 154 valence electrons. The summed E-state index contributed by atoms with van der Waals surface area (Å²) in [5.41, 5.74) is -0.703. The first-order valence-electron chi connectivity index (χ1n) is 8.92. The Kier molecular flexibility index (Phi) is 5.21. The van der Waals surface area contributed by atoms with Gasteiger partial charge in [0, 0.05) is 19.2 Å². The van der Waals surface area contributed by atoms with Crippen molar-refractivity contribution in [2.24, 2.45) is 0 Å². The normalized spacial score (nSPS) is 11.4. The van der Waals surface area contributed by atoms with Gasteiger partial charge in [0.1, 0.15) is 11.6 Å². The third-order valence-corrected chi connectivity index (χ3v) is 5.44. The van der Waals surface area contributed by atoms with Crippen LogP contribution in [0, 0.1) is 11.6 Å². The molecule has 4 aromatic rings. The number of imidazole rings is 1. The molecular weight excluding hydrogens is 437 g/mol. The quantitative estimate of drug-likeness (QED) is 0.471. The molecule has 6 nitrogen and oxygen atoms in total. The van der Waals surface area contributed by atoms with E-state index in [2.05, 4.69) is 4.98 Å². The van der Waals surface area contributed by atoms with E-state index >= 15 is 0 Å². The Morgan fingerprint density at radius 2 is 1.80 bits per heavy atom. The minimum Gasteiger partial charge on any atom is -0.320 e. The van der Waals surface area contributed by atoms with Crippen LogP contribution in [0.3, 0.4) is 0 Å². The Hall–Kier alpha value is -2.97. The highest BCUT2D eigenvalue weighted by molar-refractivity contribution is 6.42. The average Bonchev–Trinajstić information content (AvgIpc) is 3.10. The van der Waals surface area contributed by atoms with Gasteiger partial charge in [0.25, 0.3) is 5.56 Å². The predicted octanol–water partition coefficient (Wildman–Crippen LogP) is 4.00. The molecular formula is C20H14Cl2F2N4O2. The second-order valence-electron chi connectivity index (χ2n) is 6.56. The molecule has 0 atom stereocenters. The maximum absolute atomic E-state index is 14.5. The Morgan fingerprint density at radius 3 is 2.47 bits per heavy atom. The van der Waals surface area contributed by atoms with Gasteiger partial charge in [-0.1, -0.05) is 29.3 Å². The first-order chi connectivity index (χ1) is 14.3. The zero-order valence-corrected chi connectivity index (χ0v) is 17.1. The van der Waals surface area contributed by atoms with Crippen LogP contribution in [0.25, 0.3) is 16.9 Å². The monoisotopic (exact) mass is 450 g/mol. The standard InChI is InChI=1S/C20H14Cl2F2N4O2/c1-2-27-19(29)17-18(28(20(27)30)16-6-4-12(23)8-15(16)24)25-10-26(17)9-11-3-5-13(21)14(22)7-11/h3-8,10H,2,9H2,1H3. The van der Waals surface area contributed by atoms with E-state index in [0.29, 0.717) is 16.1 Å². The van der Waals surface area contributed by atoms with Gasteiger partial charge in [-0.05, 0) is 36.8 Å². The molecule has 0 unspecified atom stereocenters. The number of halogens is 4. The van der Waals surface area contributed by atoms with Crippen molar-refractivity contribution in [2.75, 3.05) is 0 Å². The third kappa shape index (κ3) is 3.32. The molecule has 0 aliphatic rings. The lowest BCUT2D eigenvalue weighted by atomic mass is 10.2. The summed E-state index contributed by atoms with van der Waals surface area (Å²) in [4.78, 5) is 30.1. The summed E-state index contributed by atoms with van der Waals surface area (Å²) in [5.74, 6) is -1.73. The maximum Gasteiger partial charge on any atom is 0.337 e. The SMILES string of the molecule is CCn1c(=O)c2c(ncn2Cc2ccc(Cl)c(Cl)c2)n(-c2ccc(F)cc2F)c1=O. The van der Waals surface area contributed by atoms with Crippen LogP contribution in [-0.2, 0) is 13.1 Å². The van der Waals surface area contributed by atoms with E-state index in [9.17, 15) is 18.4 Å². The van der Waals surface area contributed by atoms with E-state index in [0.717, 1.165) is 26.8 Å². The number of benzene rings is 2. The van der Waals surface area contributed by atoms with Crippen molar-refractivity contribution in [3.63, 3.8) is 0 Å². The second kappa shape index (κ2) is 7.70. The minimum atomic E-state index is -0.946. The molecule has 0 aliphatic carbocycles. The first-order valence-corrected chi connectivity index (χ1v) is 9.67. The molecule has 0 aliphatic heterocycles. The van der Waals surface area contributed by atoms with Crippen LogP contribution in [0.5, 0.6) is 0 Å². The Morgan fingerprint density at radius 1 is 1.03 bits per heavy atom. The highest BCUT2D eigenvalue weighted by Crippen LogP contribution is 2.24. The van der Waals surface area contributed by atoms with Crippen LogP contribution in [0.4, 0.5) is 8.78 Å². The molecule has 0 bridgehead atoms. The molecule has 4 rings (SSSR count). The highest BCUT2D eigenvalue weighted by atomic mass is 35.5. The van der Waals surface area contributed by atoms with Gasteiger partial charge in [-0.25, -0.2) is 23.1 Å². The van der Waals surface area contributed by atoms with Crippen molar-refractivity contribution in [2.45, 2.75) is 20.0 Å². The smallest absolute Gasteiger partial charge is 0.320 e. The lowest BCUT2D eigenvalue weighted by Crippen LogP contribution is -2.39. The van der Waals surface area contributed by atoms with Crippen molar-refractivity contribution in [1.82, 2.24) is 18.7 Å². The zero-order chi connectivity index (χ0) is 21.6. The molecule has 0 saturated heterocycles. The number of rotatable bonds is 4. The molecule has 0 radical (unpaired) electrons. The fourth-order valence-corrected chi connectivity index (χ4v) is 3.61. The molecule has 2 aromatic heterocycles. The summed E-state index contributed by atoms with van der Waals surface area (Å²) in [5, 5.41) is 0.750. The van der Waals surface area contributed by atoms with E-state index in [1.807, 2.05) is 0 Å². The van der Waals surface area contributed by atoms with Gasteiger partial charge in [0.15, 0.2) is 11.2 Å². The highest BCUT2D eigenvalue weighted by Gasteiger charge is 2.20. The minimum absolute atomic E-state index is 0.0275. The second-order valence-corrected chi connectivity index (χ2v) is 7.37. The summed E-state index contributed by atoms with van der Waals surface area (Å²) in [6, 6.07) is 7.87. The molecule has 2 aromatic carbocycles. The molecule has 10 heteroatoms. The van der Waals surface area contributed by atoms with Crippen LogP contribution in [0.2, 0.25) is 10.0 Å². The fourth-order valence-electron chi connectivity index (χ4n) is 3.29. The summed E-state index contributed by atoms with van der Waals surface area (Å²) < 4.78 is 31.3. The van der Waals surface area contributed by atoms with E-state index in [4.69, 9.17) is 23.2 Å². The van der Waals surface area contributed by atoms with Crippen molar-refractivity contribution < 1.29 is 8.78 Å². The fraction of sp³-hybridized carbons (Fsp3) is 0.150. The summed E-state index contributed by atoms with van der Waals surface area (Å²) in [7, 11) is 0. The van der Waals surface area contributed by atoms with Crippen molar-refractivity contribution in [1.29, 1.82) is 0 Å². The third-order valence-electron chi connectivity index (χ3n) is 4.70. The van der Waals surface area contributed by atoms with Crippen molar-refractivity contribution in [3.05, 3.63) is 90.8 Å². The van der Waals surface area contributed by atoms with Crippen molar-refractivity contribution >= 4 is 34.4 Å². The van der Waals surface area contributed by atoms with E-state index in [1.54, 1.807) is 29.7 Å². The topological polar surface area (TPSA) is 61.8 Å². The average molecular weight is 451 g/mol. The first kappa shape index (κ1) is 20.3. The van der Waals surface area contributed by atoms with Crippen LogP contribution >= 0.6 is 23.2 Å². The Bertz CT molecular complexity index is 1410. The number of hydrogen-bond donors (Lipinski definition) is 0. The number of hydrogen-bond acceptors (Lipinski definition) is 3. The number of fused-ring (bicyclic) bond motifs is 1. The van der Waals surface area contributed by atoms with Gasteiger partial charge in [-0.2, -0.15) is 0 Å². The molecule has 0 amide bonds. The molecule has 30 heavy (non-hydrogen) atoms. The van der Waals surface area contributed by atoms with Gasteiger partial charge in [-0.3, -0.25) is 9.36 Å². The summed E-state index contributed by atoms with van der Waals surface area (Å²) in [6.07, 6.45) is 1.38. The van der Waals surface area contributed by atoms with E-state index in [1.165, 1.54) is 6.33 Å². The summed E-state index contributed by atoms with van der Waals surface area (Å²) >= 11 is 12.0. The lowest BCUT2D eigenvalue weighted by Gasteiger charge is -2.12. The van der Waals surface area contributed by atoms with Gasteiger partial charge in [-0.15, -0.1) is 0 Å². The lowest BCUT2D eigenvalue weighted by molar-refractivity contribution is 0.572. The van der Waals surface area contributed by atoms with Crippen LogP contribution in [-0.4, -0.2) is 18.7 Å². The molecule has 0 fully saturated rings. The van der Waals surface area contributed by atoms with E-state index < -0.39 is 22.9 Å². The van der Waals surface area contributed by atoms with Crippen LogP contribution < -0.4 is 11.2 Å². The van der Waals surface area contributed by atoms with Gasteiger partial charge < -0.3 is 4.57 Å². The number of nitrogens with zero attached hydrogens (tertiary/aromatic N) is 4. The summed E-state index contributed by atoms with van der Waals surface area (Å²) in [6.45, 7) is 1.91. The van der Waals surface area contributed by atoms with Crippen LogP contribution in [0.15, 0.2) is 52.3 Å². The van der Waals surface area contributed by atoms with Crippen LogP contribution in [0.1, 0.15) is 12.5 Å². The number of aromatic nitrogens is 4. The molecule has 0 N–H and O–H groups in total. The molecule has 0 saturated carbocycles. The van der Waals surface area contributed by atoms with Gasteiger partial charge >= 0.3 is 5.69 Å². The largest absolute Gasteiger partial charge is 0.337 e. The van der Waals surface area contributed by atoms with E-state index in [-0.39, 0.29) is 29.9 Å². The maximum atomic E-state index is 14.5. The predicted molar refractivity (Wildman–Crippen MR) is 111 cm³/mol. The zero-order valence-electron chi connectivity index (χ0n) is 15.6. The van der Waals surface area contributed by atoms with Gasteiger partial charge in [0.2, 0.25) is 0 Å². The van der Waals surface area contributed by atoms with Crippen molar-refractivity contribution in [3.8, 4) is 5.69 Å². The molecule has 2 heterocycles. The Balaban J connectivity index is 1.99. The Labute approximate surface area is 178 Å². The van der Waals surface area contributed by atoms with Gasteiger partial charge in [0.05, 0.1) is 22.1 Å². The molecule has 0 spiro atoms.